The molecule has 0 aliphatic heterocycles. The molecule has 4 aliphatic carbocycles. The maximum atomic E-state index is 13.6. The molecular formula is C21H26Cl2N2O2. The van der Waals surface area contributed by atoms with Crippen LogP contribution in [-0.4, -0.2) is 29.3 Å². The molecule has 6 heteroatoms. The highest BCUT2D eigenvalue weighted by Gasteiger charge is 2.61. The third kappa shape index (κ3) is 3.36. The van der Waals surface area contributed by atoms with Crippen molar-refractivity contribution in [2.45, 2.75) is 57.5 Å². The third-order valence-electron chi connectivity index (χ3n) is 6.74. The van der Waals surface area contributed by atoms with Crippen LogP contribution in [0, 0.1) is 17.3 Å². The van der Waals surface area contributed by atoms with Crippen LogP contribution in [0.15, 0.2) is 18.2 Å². The van der Waals surface area contributed by atoms with Crippen molar-refractivity contribution < 1.29 is 9.59 Å². The van der Waals surface area contributed by atoms with Crippen molar-refractivity contribution in [2.24, 2.45) is 17.3 Å². The molecule has 0 unspecified atom stereocenters. The van der Waals surface area contributed by atoms with Crippen LogP contribution in [0.4, 0.5) is 0 Å². The van der Waals surface area contributed by atoms with Crippen molar-refractivity contribution in [3.63, 3.8) is 0 Å². The molecule has 4 nitrogen and oxygen atoms in total. The van der Waals surface area contributed by atoms with Gasteiger partial charge in [-0.25, -0.2) is 0 Å². The van der Waals surface area contributed by atoms with E-state index in [-0.39, 0.29) is 22.8 Å². The molecule has 1 N–H and O–H groups in total. The lowest BCUT2D eigenvalue weighted by molar-refractivity contribution is -0.162. The Morgan fingerprint density at radius 1 is 1.19 bits per heavy atom. The zero-order valence-electron chi connectivity index (χ0n) is 15.9. The number of nitrogens with one attached hydrogen (secondary N) is 1. The zero-order valence-corrected chi connectivity index (χ0v) is 17.4. The molecule has 27 heavy (non-hydrogen) atoms. The molecule has 5 rings (SSSR count). The van der Waals surface area contributed by atoms with E-state index in [4.69, 9.17) is 23.2 Å². The van der Waals surface area contributed by atoms with Gasteiger partial charge in [0, 0.05) is 26.1 Å². The van der Waals surface area contributed by atoms with Gasteiger partial charge in [0.05, 0.1) is 15.5 Å². The summed E-state index contributed by atoms with van der Waals surface area (Å²) < 4.78 is 0. The SMILES string of the molecule is CC(=O)NC12C[C@H]3C[C@H](C1)CC(C(=O)N(C)Cc1cccc(Cl)c1Cl)(C3)C2. The highest BCUT2D eigenvalue weighted by Crippen LogP contribution is 2.62. The molecule has 0 aromatic heterocycles. The predicted octanol–water partition coefficient (Wildman–Crippen LogP) is 4.43. The van der Waals surface area contributed by atoms with Gasteiger partial charge < -0.3 is 10.2 Å². The maximum absolute atomic E-state index is 13.6. The summed E-state index contributed by atoms with van der Waals surface area (Å²) in [6, 6.07) is 5.53. The fourth-order valence-corrected chi connectivity index (χ4v) is 6.82. The summed E-state index contributed by atoms with van der Waals surface area (Å²) in [6.45, 7) is 2.03. The highest BCUT2D eigenvalue weighted by atomic mass is 35.5. The summed E-state index contributed by atoms with van der Waals surface area (Å²) >= 11 is 12.4. The largest absolute Gasteiger partial charge is 0.351 e. The van der Waals surface area contributed by atoms with Crippen LogP contribution in [0.3, 0.4) is 0 Å². The van der Waals surface area contributed by atoms with Crippen LogP contribution >= 0.6 is 23.2 Å². The molecule has 1 aromatic carbocycles. The Bertz CT molecular complexity index is 780. The summed E-state index contributed by atoms with van der Waals surface area (Å²) in [4.78, 5) is 27.2. The standard InChI is InChI=1S/C21H26Cl2N2O2/c1-13(26)24-21-9-14-6-15(10-21)8-20(7-14,12-21)19(27)25(2)11-16-4-3-5-17(22)18(16)23/h3-5,14-15H,6-12H2,1-2H3,(H,24,26)/t14-,15-,20?,21?/m0/s1. The Labute approximate surface area is 170 Å². The number of benzene rings is 1. The minimum atomic E-state index is -0.355. The molecule has 4 aliphatic rings. The molecule has 0 radical (unpaired) electrons. The minimum absolute atomic E-state index is 0.0126. The number of hydrogen-bond donors (Lipinski definition) is 1. The van der Waals surface area contributed by atoms with E-state index in [1.54, 1.807) is 17.9 Å². The Balaban J connectivity index is 1.57. The van der Waals surface area contributed by atoms with Crippen LogP contribution in [0.25, 0.3) is 0 Å². The summed E-state index contributed by atoms with van der Waals surface area (Å²) in [5, 5.41) is 4.25. The van der Waals surface area contributed by atoms with E-state index in [1.807, 2.05) is 19.2 Å². The first-order chi connectivity index (χ1) is 12.7. The number of carbonyl (C=O) groups excluding carboxylic acids is 2. The topological polar surface area (TPSA) is 49.4 Å². The number of nitrogens with zero attached hydrogens (tertiary/aromatic N) is 1. The quantitative estimate of drug-likeness (QED) is 0.800. The summed E-state index contributed by atoms with van der Waals surface area (Å²) in [7, 11) is 1.85. The van der Waals surface area contributed by atoms with Crippen molar-refractivity contribution in [3.05, 3.63) is 33.8 Å². The lowest BCUT2D eigenvalue weighted by atomic mass is 9.46. The maximum Gasteiger partial charge on any atom is 0.228 e. The van der Waals surface area contributed by atoms with Crippen LogP contribution in [0.5, 0.6) is 0 Å². The van der Waals surface area contributed by atoms with Gasteiger partial charge >= 0.3 is 0 Å². The molecule has 2 atom stereocenters. The molecule has 0 spiro atoms. The van der Waals surface area contributed by atoms with Gasteiger partial charge in [0.25, 0.3) is 0 Å². The van der Waals surface area contributed by atoms with Gasteiger partial charge in [-0.15, -0.1) is 0 Å². The van der Waals surface area contributed by atoms with E-state index in [0.717, 1.165) is 37.7 Å². The number of hydrogen-bond acceptors (Lipinski definition) is 2. The molecule has 4 saturated carbocycles. The molecule has 2 amide bonds. The summed E-state index contributed by atoms with van der Waals surface area (Å²) in [5.41, 5.74) is 0.313. The first kappa shape index (κ1) is 19.1. The monoisotopic (exact) mass is 408 g/mol. The fourth-order valence-electron chi connectivity index (χ4n) is 6.44. The highest BCUT2D eigenvalue weighted by molar-refractivity contribution is 6.42. The smallest absolute Gasteiger partial charge is 0.228 e. The average molecular weight is 409 g/mol. The number of halogens is 2. The van der Waals surface area contributed by atoms with Gasteiger partial charge in [-0.1, -0.05) is 35.3 Å². The van der Waals surface area contributed by atoms with Crippen LogP contribution < -0.4 is 5.32 Å². The first-order valence-electron chi connectivity index (χ1n) is 9.69. The minimum Gasteiger partial charge on any atom is -0.351 e. The molecule has 4 bridgehead atoms. The van der Waals surface area contributed by atoms with E-state index in [0.29, 0.717) is 28.4 Å². The Hall–Kier alpha value is -1.26. The zero-order chi connectivity index (χ0) is 19.4. The van der Waals surface area contributed by atoms with E-state index in [2.05, 4.69) is 5.32 Å². The normalized spacial score (nSPS) is 33.8. The first-order valence-corrected chi connectivity index (χ1v) is 10.4. The Morgan fingerprint density at radius 3 is 2.48 bits per heavy atom. The van der Waals surface area contributed by atoms with Crippen LogP contribution in [0.1, 0.15) is 51.0 Å². The molecule has 1 aromatic rings. The van der Waals surface area contributed by atoms with Gasteiger partial charge in [-0.3, -0.25) is 9.59 Å². The number of rotatable bonds is 4. The molecule has 0 saturated heterocycles. The lowest BCUT2D eigenvalue weighted by Crippen LogP contribution is -2.65. The molecular weight excluding hydrogens is 383 g/mol. The third-order valence-corrected chi connectivity index (χ3v) is 7.60. The second-order valence-corrected chi connectivity index (χ2v) is 9.86. The van der Waals surface area contributed by atoms with Crippen molar-refractivity contribution in [3.8, 4) is 0 Å². The summed E-state index contributed by atoms with van der Waals surface area (Å²) in [6.07, 6.45) is 5.87. The molecule has 146 valence electrons. The predicted molar refractivity (Wildman–Crippen MR) is 107 cm³/mol. The fraction of sp³-hybridized carbons (Fsp3) is 0.619. The molecule has 0 heterocycles. The van der Waals surface area contributed by atoms with Crippen LogP contribution in [-0.2, 0) is 16.1 Å². The lowest BCUT2D eigenvalue weighted by Gasteiger charge is -2.61. The van der Waals surface area contributed by atoms with Gasteiger partial charge in [0.15, 0.2) is 0 Å². The van der Waals surface area contributed by atoms with Crippen molar-refractivity contribution in [1.29, 1.82) is 0 Å². The number of amides is 2. The van der Waals surface area contributed by atoms with Crippen LogP contribution in [0.2, 0.25) is 10.0 Å². The van der Waals surface area contributed by atoms with Crippen molar-refractivity contribution in [2.75, 3.05) is 7.05 Å². The van der Waals surface area contributed by atoms with Gasteiger partial charge in [-0.05, 0) is 62.0 Å². The Kier molecular flexibility index (Phi) is 4.71. The van der Waals surface area contributed by atoms with E-state index in [9.17, 15) is 9.59 Å². The van der Waals surface area contributed by atoms with E-state index < -0.39 is 0 Å². The average Bonchev–Trinajstić information content (AvgIpc) is 2.55. The molecule has 4 fully saturated rings. The van der Waals surface area contributed by atoms with E-state index in [1.165, 1.54) is 6.42 Å². The Morgan fingerprint density at radius 2 is 1.85 bits per heavy atom. The van der Waals surface area contributed by atoms with Gasteiger partial charge in [-0.2, -0.15) is 0 Å². The summed E-state index contributed by atoms with van der Waals surface area (Å²) in [5.74, 6) is 1.26. The van der Waals surface area contributed by atoms with Crippen molar-refractivity contribution >= 4 is 35.0 Å². The number of carbonyl (C=O) groups is 2. The second kappa shape index (κ2) is 6.66. The van der Waals surface area contributed by atoms with E-state index >= 15 is 0 Å². The van der Waals surface area contributed by atoms with Crippen molar-refractivity contribution in [1.82, 2.24) is 10.2 Å². The van der Waals surface area contributed by atoms with Gasteiger partial charge in [0.1, 0.15) is 0 Å². The second-order valence-electron chi connectivity index (χ2n) is 9.08. The van der Waals surface area contributed by atoms with Gasteiger partial charge in [0.2, 0.25) is 11.8 Å².